The van der Waals surface area contributed by atoms with Gasteiger partial charge in [-0.3, -0.25) is 0 Å². The van der Waals surface area contributed by atoms with Crippen LogP contribution in [0.4, 0.5) is 8.78 Å². The molecule has 10 aromatic carbocycles. The van der Waals surface area contributed by atoms with Gasteiger partial charge in [-0.25, -0.2) is 8.78 Å². The Hall–Kier alpha value is -8.85. The molecule has 0 spiro atoms. The Morgan fingerprint density at radius 2 is 0.564 bits per heavy atom. The number of nitriles is 1. The van der Waals surface area contributed by atoms with Crippen molar-refractivity contribution in [1.29, 1.82) is 5.26 Å². The molecule has 0 bridgehead atoms. The van der Waals surface area contributed by atoms with Crippen LogP contribution in [0.3, 0.4) is 0 Å². The molecule has 5 heteroatoms. The first-order valence-corrected chi connectivity index (χ1v) is 26.9. The van der Waals surface area contributed by atoms with Crippen molar-refractivity contribution in [2.45, 2.75) is 83.1 Å². The van der Waals surface area contributed by atoms with Crippen LogP contribution in [-0.4, -0.2) is 9.13 Å². The Morgan fingerprint density at radius 3 is 0.808 bits per heavy atom. The van der Waals surface area contributed by atoms with Crippen molar-refractivity contribution >= 4 is 43.6 Å². The first-order chi connectivity index (χ1) is 37.4. The SMILES string of the molecule is Cc1cc(C)c(-c2ccc3c(c2)c2cc(-c4c(C)cc(C)cc4C)ccc2n3-c2cc(-c3c(F)cccc3F)cc(-n3c4ccc(-c5c(C)cc(C)cc5C)cc4c4cc(-c5c(C)cc(C)cc5C)ccc43)c2C#N)c(C)c1. The molecule has 2 heterocycles. The lowest BCUT2D eigenvalue weighted by molar-refractivity contribution is 0.589. The molecule has 0 saturated carbocycles. The van der Waals surface area contributed by atoms with E-state index >= 15 is 8.78 Å². The molecule has 2 aromatic heterocycles. The monoisotopic (exact) mass is 1020 g/mol. The van der Waals surface area contributed by atoms with Crippen LogP contribution >= 0.6 is 0 Å². The van der Waals surface area contributed by atoms with E-state index in [9.17, 15) is 5.26 Å². The fourth-order valence-corrected chi connectivity index (χ4v) is 13.7. The summed E-state index contributed by atoms with van der Waals surface area (Å²) in [5.41, 5.74) is 28.4. The minimum absolute atomic E-state index is 0.161. The first-order valence-electron chi connectivity index (χ1n) is 26.9. The van der Waals surface area contributed by atoms with Gasteiger partial charge in [0.05, 0.1) is 39.0 Å². The van der Waals surface area contributed by atoms with Gasteiger partial charge in [0.2, 0.25) is 0 Å². The lowest BCUT2D eigenvalue weighted by Crippen LogP contribution is -2.06. The minimum Gasteiger partial charge on any atom is -0.308 e. The van der Waals surface area contributed by atoms with Crippen LogP contribution in [-0.2, 0) is 0 Å². The molecule has 382 valence electrons. The van der Waals surface area contributed by atoms with Crippen LogP contribution < -0.4 is 0 Å². The highest BCUT2D eigenvalue weighted by Gasteiger charge is 2.26. The molecule has 0 aliphatic heterocycles. The summed E-state index contributed by atoms with van der Waals surface area (Å²) >= 11 is 0. The number of fused-ring (bicyclic) bond motifs is 6. The zero-order valence-electron chi connectivity index (χ0n) is 46.5. The lowest BCUT2D eigenvalue weighted by atomic mass is 9.91. The maximum absolute atomic E-state index is 16.5. The van der Waals surface area contributed by atoms with Gasteiger partial charge in [-0.2, -0.15) is 5.26 Å². The second-order valence-corrected chi connectivity index (χ2v) is 22.3. The number of halogens is 2. The topological polar surface area (TPSA) is 33.6 Å². The third-order valence-electron chi connectivity index (χ3n) is 16.3. The summed E-state index contributed by atoms with van der Waals surface area (Å²) in [6.45, 7) is 25.9. The summed E-state index contributed by atoms with van der Waals surface area (Å²) in [6, 6.07) is 54.6. The number of rotatable bonds is 7. The summed E-state index contributed by atoms with van der Waals surface area (Å²) in [5, 5.41) is 15.9. The van der Waals surface area contributed by atoms with Crippen LogP contribution in [0.15, 0.2) is 152 Å². The zero-order chi connectivity index (χ0) is 54.7. The van der Waals surface area contributed by atoms with Gasteiger partial charge in [0.25, 0.3) is 0 Å². The zero-order valence-corrected chi connectivity index (χ0v) is 46.5. The van der Waals surface area contributed by atoms with E-state index in [1.807, 2.05) is 12.1 Å². The average molecular weight is 1020 g/mol. The van der Waals surface area contributed by atoms with Crippen molar-refractivity contribution in [3.8, 4) is 73.1 Å². The molecule has 12 aromatic rings. The Labute approximate surface area is 456 Å². The van der Waals surface area contributed by atoms with E-state index in [-0.39, 0.29) is 5.56 Å². The highest BCUT2D eigenvalue weighted by Crippen LogP contribution is 2.46. The van der Waals surface area contributed by atoms with Crippen LogP contribution in [0.2, 0.25) is 0 Å². The molecular weight excluding hydrogens is 957 g/mol. The molecule has 0 radical (unpaired) electrons. The van der Waals surface area contributed by atoms with E-state index in [1.54, 1.807) is 0 Å². The van der Waals surface area contributed by atoms with Gasteiger partial charge in [0, 0.05) is 21.5 Å². The van der Waals surface area contributed by atoms with Gasteiger partial charge in [-0.15, -0.1) is 0 Å². The minimum atomic E-state index is -0.690. The highest BCUT2D eigenvalue weighted by molar-refractivity contribution is 6.14. The van der Waals surface area contributed by atoms with Crippen molar-refractivity contribution in [1.82, 2.24) is 9.13 Å². The molecule has 0 aliphatic rings. The van der Waals surface area contributed by atoms with Gasteiger partial charge in [0.1, 0.15) is 23.3 Å². The molecule has 78 heavy (non-hydrogen) atoms. The number of nitrogens with zero attached hydrogens (tertiary/aromatic N) is 3. The number of benzene rings is 10. The summed E-state index contributed by atoms with van der Waals surface area (Å²) < 4.78 is 37.4. The van der Waals surface area contributed by atoms with Crippen molar-refractivity contribution in [2.24, 2.45) is 0 Å². The van der Waals surface area contributed by atoms with Crippen LogP contribution in [0.1, 0.15) is 72.3 Å². The molecule has 12 rings (SSSR count). The van der Waals surface area contributed by atoms with E-state index in [1.165, 1.54) is 107 Å². The van der Waals surface area contributed by atoms with Crippen molar-refractivity contribution < 1.29 is 8.78 Å². The third-order valence-corrected chi connectivity index (χ3v) is 16.3. The summed E-state index contributed by atoms with van der Waals surface area (Å²) in [6.07, 6.45) is 0. The fourth-order valence-electron chi connectivity index (χ4n) is 13.7. The predicted molar refractivity (Wildman–Crippen MR) is 324 cm³/mol. The molecule has 0 atom stereocenters. The summed E-state index contributed by atoms with van der Waals surface area (Å²) in [4.78, 5) is 0. The number of hydrogen-bond acceptors (Lipinski definition) is 1. The molecule has 3 nitrogen and oxygen atoms in total. The van der Waals surface area contributed by atoms with Crippen molar-refractivity contribution in [3.63, 3.8) is 0 Å². The maximum Gasteiger partial charge on any atom is 0.133 e. The van der Waals surface area contributed by atoms with Gasteiger partial charge in [-0.05, 0) is 250 Å². The normalized spacial score (nSPS) is 11.7. The van der Waals surface area contributed by atoms with Gasteiger partial charge < -0.3 is 9.13 Å². The Kier molecular flexibility index (Phi) is 12.0. The molecular formula is C73H61F2N3. The summed E-state index contributed by atoms with van der Waals surface area (Å²) in [5.74, 6) is -1.38. The van der Waals surface area contributed by atoms with Gasteiger partial charge in [-0.1, -0.05) is 101 Å². The quantitative estimate of drug-likeness (QED) is 0.157. The predicted octanol–water partition coefficient (Wildman–Crippen LogP) is 20.1. The molecule has 0 N–H and O–H groups in total. The molecule has 0 amide bonds. The standard InChI is InChI=1S/C73H61F2N3/c1-39-24-43(5)69(44(6)25-39)51-16-20-63-56(32-51)57-33-52(70-45(7)26-40(2)27-46(70)8)17-21-64(57)77(63)67-36-55(73-61(74)14-13-15-62(73)75)37-68(60(67)38-76)78-65-22-18-53(71-47(9)28-41(3)29-48(71)10)34-58(65)59-35-54(19-23-66(59)78)72-49(11)30-42(4)31-50(72)12/h13-37H,1-12H3. The number of aryl methyl sites for hydroxylation is 12. The Morgan fingerprint density at radius 1 is 0.308 bits per heavy atom. The molecule has 0 unspecified atom stereocenters. The van der Waals surface area contributed by atoms with E-state index in [0.717, 1.165) is 65.9 Å². The van der Waals surface area contributed by atoms with Crippen molar-refractivity contribution in [2.75, 3.05) is 0 Å². The summed E-state index contributed by atoms with van der Waals surface area (Å²) in [7, 11) is 0. The van der Waals surface area contributed by atoms with Gasteiger partial charge >= 0.3 is 0 Å². The maximum atomic E-state index is 16.5. The van der Waals surface area contributed by atoms with Crippen LogP contribution in [0, 0.1) is 106 Å². The smallest absolute Gasteiger partial charge is 0.133 e. The van der Waals surface area contributed by atoms with E-state index < -0.39 is 11.6 Å². The van der Waals surface area contributed by atoms with Gasteiger partial charge in [0.15, 0.2) is 0 Å². The van der Waals surface area contributed by atoms with E-state index in [2.05, 4.69) is 220 Å². The fraction of sp³-hybridized carbons (Fsp3) is 0.164. The molecule has 0 aliphatic carbocycles. The number of hydrogen-bond donors (Lipinski definition) is 0. The second-order valence-electron chi connectivity index (χ2n) is 22.3. The third kappa shape index (κ3) is 8.04. The first kappa shape index (κ1) is 50.0. The Bertz CT molecular complexity index is 4010. The largest absolute Gasteiger partial charge is 0.308 e. The molecule has 0 fully saturated rings. The molecule has 0 saturated heterocycles. The highest BCUT2D eigenvalue weighted by atomic mass is 19.1. The van der Waals surface area contributed by atoms with Crippen molar-refractivity contribution in [3.05, 3.63) is 236 Å². The van der Waals surface area contributed by atoms with Crippen LogP contribution in [0.5, 0.6) is 0 Å². The van der Waals surface area contributed by atoms with Crippen LogP contribution in [0.25, 0.3) is 111 Å². The van der Waals surface area contributed by atoms with E-state index in [0.29, 0.717) is 22.5 Å². The lowest BCUT2D eigenvalue weighted by Gasteiger charge is -2.19. The number of aromatic nitrogens is 2. The van der Waals surface area contributed by atoms with E-state index in [4.69, 9.17) is 0 Å². The second kappa shape index (κ2) is 18.7. The Balaban J connectivity index is 1.21. The average Bonchev–Trinajstić information content (AvgIpc) is 4.12.